The standard InChI is InChI=1S/C53H87FN6O12/c1-14-42-53(10,66)46(62)35(6)59(21-16-15-17-39-30-60(56-55-39)24-23-58-22-20-37-26-38(54)18-19-40(37)58)29-31(2)27-51(8,65)48(72-50-44(61)41(57(11)12)25-32(3)68-50)33(4)45(34(5)49(64)70-42)71-43-28-52(9,67-13)47(63)36(7)69-43/h18-20,22,26,30-36,41-48,50,61-63,65-66H,14-17,21,23-25,27-29H2,1-13H3/t31-,32-,33+,34-,35-,36+,41+,42-,43+,44-,45+,46-,47+,48-,50+,51-,52-,53-/m1/s1. The van der Waals surface area contributed by atoms with Gasteiger partial charge in [-0.05, 0) is 138 Å². The Labute approximate surface area is 426 Å². The van der Waals surface area contributed by atoms with Gasteiger partial charge < -0.3 is 63.4 Å². The van der Waals surface area contributed by atoms with E-state index in [1.807, 2.05) is 65.2 Å². The third-order valence-corrected chi connectivity index (χ3v) is 16.1. The number of cyclic esters (lactones) is 1. The third-order valence-electron chi connectivity index (χ3n) is 16.1. The van der Waals surface area contributed by atoms with Crippen molar-refractivity contribution in [1.29, 1.82) is 0 Å². The SMILES string of the molecule is CC[C@H]1OC(=O)[C@H](C)[C@@H](O[C@H]2C[C@@](C)(OC)[C@@H](O)[C@H](C)O2)[C@H](C)[C@@H](O[C@@H]2O[C@H](C)C[C@H](N(C)C)[C@H]2O)[C@](C)(O)C[C@@H](C)CN(CCCCc2cn(CCn3ccc4cc(F)ccc43)nn2)[C@H](C)[C@@H](O)[C@]1(C)O. The van der Waals surface area contributed by atoms with Crippen molar-refractivity contribution in [2.75, 3.05) is 34.3 Å². The summed E-state index contributed by atoms with van der Waals surface area (Å²) < 4.78 is 55.9. The number of methoxy groups -OCH3 is 1. The Bertz CT molecular complexity index is 2190. The Balaban J connectivity index is 1.26. The fourth-order valence-electron chi connectivity index (χ4n) is 11.7. The number of benzene rings is 1. The van der Waals surface area contributed by atoms with Crippen molar-refractivity contribution in [2.24, 2.45) is 17.8 Å². The van der Waals surface area contributed by atoms with Crippen molar-refractivity contribution in [1.82, 2.24) is 29.4 Å². The fraction of sp³-hybridized carbons (Fsp3) is 0.792. The molecule has 0 unspecified atom stereocenters. The van der Waals surface area contributed by atoms with Crippen molar-refractivity contribution in [3.63, 3.8) is 0 Å². The molecule has 0 aliphatic carbocycles. The Morgan fingerprint density at radius 1 is 0.931 bits per heavy atom. The van der Waals surface area contributed by atoms with Gasteiger partial charge in [-0.2, -0.15) is 0 Å². The van der Waals surface area contributed by atoms with Crippen molar-refractivity contribution >= 4 is 16.9 Å². The van der Waals surface area contributed by atoms with Crippen LogP contribution in [0.15, 0.2) is 36.7 Å². The number of aryl methyl sites for hydroxylation is 3. The molecule has 1 aromatic carbocycles. The smallest absolute Gasteiger partial charge is 0.311 e. The van der Waals surface area contributed by atoms with E-state index in [9.17, 15) is 34.7 Å². The lowest BCUT2D eigenvalue weighted by atomic mass is 9.77. The molecule has 18 atom stereocenters. The van der Waals surface area contributed by atoms with Crippen LogP contribution < -0.4 is 0 Å². The minimum atomic E-state index is -1.89. The molecule has 0 radical (unpaired) electrons. The lowest BCUT2D eigenvalue weighted by Gasteiger charge is -2.48. The van der Waals surface area contributed by atoms with E-state index < -0.39 is 96.0 Å². The highest BCUT2D eigenvalue weighted by Gasteiger charge is 2.53. The number of unbranched alkanes of at least 4 members (excludes halogenated alkanes) is 1. The van der Waals surface area contributed by atoms with Crippen LogP contribution in [0.4, 0.5) is 4.39 Å². The molecule has 0 amide bonds. The van der Waals surface area contributed by atoms with Crippen LogP contribution in [0.3, 0.4) is 0 Å². The number of hydrogen-bond donors (Lipinski definition) is 5. The fourth-order valence-corrected chi connectivity index (χ4v) is 11.7. The van der Waals surface area contributed by atoms with E-state index in [-0.39, 0.29) is 43.1 Å². The number of carbonyl (C=O) groups is 1. The highest BCUT2D eigenvalue weighted by atomic mass is 19.1. The maximum Gasteiger partial charge on any atom is 0.311 e. The number of aliphatic hydroxyl groups excluding tert-OH is 3. The molecule has 3 saturated heterocycles. The van der Waals surface area contributed by atoms with E-state index in [2.05, 4.69) is 19.8 Å². The predicted molar refractivity (Wildman–Crippen MR) is 268 cm³/mol. The summed E-state index contributed by atoms with van der Waals surface area (Å²) in [5.41, 5.74) is -2.80. The van der Waals surface area contributed by atoms with Crippen molar-refractivity contribution in [3.05, 3.63) is 48.2 Å². The van der Waals surface area contributed by atoms with Gasteiger partial charge in [0.2, 0.25) is 0 Å². The predicted octanol–water partition coefficient (Wildman–Crippen LogP) is 4.68. The first-order valence-corrected chi connectivity index (χ1v) is 26.2. The van der Waals surface area contributed by atoms with Crippen LogP contribution in [-0.2, 0) is 52.7 Å². The number of nitrogens with zero attached hydrogens (tertiary/aromatic N) is 6. The molecular weight excluding hydrogens is 932 g/mol. The number of fused-ring (bicyclic) bond motifs is 1. The maximum absolute atomic E-state index is 14.6. The summed E-state index contributed by atoms with van der Waals surface area (Å²) in [6, 6.07) is 5.71. The molecule has 6 rings (SSSR count). The third kappa shape index (κ3) is 13.4. The molecule has 0 spiro atoms. The first-order valence-electron chi connectivity index (χ1n) is 26.2. The first-order chi connectivity index (χ1) is 33.8. The van der Waals surface area contributed by atoms with Crippen LogP contribution >= 0.6 is 0 Å². The van der Waals surface area contributed by atoms with Gasteiger partial charge >= 0.3 is 5.97 Å². The minimum absolute atomic E-state index is 0.106. The van der Waals surface area contributed by atoms with E-state index in [4.69, 9.17) is 28.4 Å². The van der Waals surface area contributed by atoms with E-state index in [0.717, 1.165) is 23.0 Å². The van der Waals surface area contributed by atoms with Crippen LogP contribution in [0, 0.1) is 23.6 Å². The Kier molecular flexibility index (Phi) is 19.5. The summed E-state index contributed by atoms with van der Waals surface area (Å²) in [5, 5.41) is 69.9. The normalized spacial score (nSPS) is 39.2. The maximum atomic E-state index is 14.6. The quantitative estimate of drug-likeness (QED) is 0.103. The second-order valence-electron chi connectivity index (χ2n) is 22.4. The largest absolute Gasteiger partial charge is 0.459 e. The van der Waals surface area contributed by atoms with E-state index >= 15 is 0 Å². The van der Waals surface area contributed by atoms with Crippen LogP contribution in [0.2, 0.25) is 0 Å². The molecule has 72 heavy (non-hydrogen) atoms. The molecule has 5 N–H and O–H groups in total. The van der Waals surface area contributed by atoms with Crippen LogP contribution in [-0.4, -0.2) is 185 Å². The van der Waals surface area contributed by atoms with Crippen molar-refractivity contribution < 1.29 is 63.1 Å². The Morgan fingerprint density at radius 3 is 2.33 bits per heavy atom. The monoisotopic (exact) mass is 1020 g/mol. The number of ether oxygens (including phenoxy) is 6. The number of rotatable bonds is 15. The number of likely N-dealkylation sites (N-methyl/N-ethyl adjacent to an activating group) is 1. The van der Waals surface area contributed by atoms with Crippen LogP contribution in [0.5, 0.6) is 0 Å². The molecule has 0 saturated carbocycles. The molecule has 3 fully saturated rings. The summed E-state index contributed by atoms with van der Waals surface area (Å²) in [5.74, 6) is -3.07. The minimum Gasteiger partial charge on any atom is -0.459 e. The summed E-state index contributed by atoms with van der Waals surface area (Å²) in [4.78, 5) is 18.7. The highest BCUT2D eigenvalue weighted by molar-refractivity contribution is 5.80. The van der Waals surface area contributed by atoms with Gasteiger partial charge in [0.15, 0.2) is 12.6 Å². The van der Waals surface area contributed by atoms with Gasteiger partial charge in [0, 0.05) is 67.9 Å². The Hall–Kier alpha value is -3.18. The summed E-state index contributed by atoms with van der Waals surface area (Å²) >= 11 is 0. The lowest BCUT2D eigenvalue weighted by molar-refractivity contribution is -0.318. The van der Waals surface area contributed by atoms with Gasteiger partial charge in [0.25, 0.3) is 0 Å². The van der Waals surface area contributed by atoms with Crippen molar-refractivity contribution in [2.45, 2.75) is 218 Å². The molecule has 2 aromatic heterocycles. The molecule has 18 nitrogen and oxygen atoms in total. The molecule has 0 bridgehead atoms. The zero-order valence-electron chi connectivity index (χ0n) is 45.1. The van der Waals surface area contributed by atoms with E-state index in [0.29, 0.717) is 45.4 Å². The van der Waals surface area contributed by atoms with E-state index in [1.165, 1.54) is 26.2 Å². The number of esters is 1. The van der Waals surface area contributed by atoms with Crippen molar-refractivity contribution in [3.8, 4) is 0 Å². The lowest BCUT2D eigenvalue weighted by Crippen LogP contribution is -2.60. The average Bonchev–Trinajstić information content (AvgIpc) is 3.96. The molecule has 3 aliphatic rings. The number of carbonyl (C=O) groups excluding carboxylic acids is 1. The molecule has 408 valence electrons. The molecule has 19 heteroatoms. The summed E-state index contributed by atoms with van der Waals surface area (Å²) in [7, 11) is 5.28. The molecule has 5 heterocycles. The molecular formula is C53H87FN6O12. The molecule has 3 aromatic rings. The number of aliphatic hydroxyl groups is 5. The summed E-state index contributed by atoms with van der Waals surface area (Å²) in [6.45, 7) is 19.9. The Morgan fingerprint density at radius 2 is 1.65 bits per heavy atom. The van der Waals surface area contributed by atoms with Gasteiger partial charge in [0.05, 0.1) is 53.8 Å². The number of aromatic nitrogens is 4. The van der Waals surface area contributed by atoms with Crippen LogP contribution in [0.1, 0.15) is 113 Å². The number of hydrogen-bond acceptors (Lipinski definition) is 16. The second-order valence-corrected chi connectivity index (χ2v) is 22.4. The summed E-state index contributed by atoms with van der Waals surface area (Å²) in [6.07, 6.45) is -2.85. The van der Waals surface area contributed by atoms with Gasteiger partial charge in [-0.15, -0.1) is 5.10 Å². The van der Waals surface area contributed by atoms with Gasteiger partial charge in [0.1, 0.15) is 35.8 Å². The van der Waals surface area contributed by atoms with E-state index in [1.54, 1.807) is 45.4 Å². The zero-order chi connectivity index (χ0) is 53.0. The van der Waals surface area contributed by atoms with Crippen LogP contribution in [0.25, 0.3) is 10.9 Å². The topological polar surface area (TPSA) is 216 Å². The van der Waals surface area contributed by atoms with Gasteiger partial charge in [-0.3, -0.25) is 14.4 Å². The van der Waals surface area contributed by atoms with Gasteiger partial charge in [-0.1, -0.05) is 26.0 Å². The number of halogens is 1. The van der Waals surface area contributed by atoms with Gasteiger partial charge in [-0.25, -0.2) is 4.39 Å². The average molecular weight is 1020 g/mol. The second kappa shape index (κ2) is 24.2. The molecule has 3 aliphatic heterocycles. The first kappa shape index (κ1) is 58.1. The highest BCUT2D eigenvalue weighted by Crippen LogP contribution is 2.40. The zero-order valence-corrected chi connectivity index (χ0v) is 45.1.